The Balaban J connectivity index is 1.63. The zero-order chi connectivity index (χ0) is 21.3. The average Bonchev–Trinajstić information content (AvgIpc) is 3.25. The molecule has 2 bridgehead atoms. The summed E-state index contributed by atoms with van der Waals surface area (Å²) in [6, 6.07) is 8.50. The predicted molar refractivity (Wildman–Crippen MR) is 106 cm³/mol. The van der Waals surface area contributed by atoms with Gasteiger partial charge < -0.3 is 20.8 Å². The summed E-state index contributed by atoms with van der Waals surface area (Å²) < 4.78 is 1.70. The maximum atomic E-state index is 13.2. The van der Waals surface area contributed by atoms with Crippen LogP contribution in [0, 0.1) is 0 Å². The first-order valence-electron chi connectivity index (χ1n) is 9.45. The number of amidine groups is 1. The van der Waals surface area contributed by atoms with E-state index in [1.165, 1.54) is 5.06 Å². The van der Waals surface area contributed by atoms with E-state index < -0.39 is 11.9 Å². The Bertz CT molecular complexity index is 975. The third kappa shape index (κ3) is 3.43. The maximum absolute atomic E-state index is 13.2. The largest absolute Gasteiger partial charge is 0.384 e. The summed E-state index contributed by atoms with van der Waals surface area (Å²) in [6.07, 6.45) is 1.74. The lowest BCUT2D eigenvalue weighted by Crippen LogP contribution is -2.43. The molecule has 0 aliphatic carbocycles. The molecular formula is C19H23N7O4. The van der Waals surface area contributed by atoms with Crippen LogP contribution in [0.2, 0.25) is 0 Å². The van der Waals surface area contributed by atoms with Crippen molar-refractivity contribution in [2.75, 3.05) is 20.2 Å². The Morgan fingerprint density at radius 3 is 2.83 bits per heavy atom. The molecule has 158 valence electrons. The fourth-order valence-electron chi connectivity index (χ4n) is 3.78. The van der Waals surface area contributed by atoms with Gasteiger partial charge in [-0.25, -0.2) is 4.79 Å². The minimum atomic E-state index is -0.642. The molecule has 3 N–H and O–H groups in total. The minimum absolute atomic E-state index is 0.270. The number of oxime groups is 1. The van der Waals surface area contributed by atoms with Crippen molar-refractivity contribution < 1.29 is 19.3 Å². The molecule has 0 spiro atoms. The second kappa shape index (κ2) is 8.03. The van der Waals surface area contributed by atoms with E-state index in [1.54, 1.807) is 29.9 Å². The number of carbonyl (C=O) groups excluding carboxylic acids is 2. The van der Waals surface area contributed by atoms with Crippen molar-refractivity contribution in [3.05, 3.63) is 53.3 Å². The van der Waals surface area contributed by atoms with Gasteiger partial charge in [-0.05, 0) is 5.56 Å². The van der Waals surface area contributed by atoms with Crippen LogP contribution in [0.3, 0.4) is 0 Å². The molecule has 11 nitrogen and oxygen atoms in total. The van der Waals surface area contributed by atoms with Crippen molar-refractivity contribution in [1.29, 1.82) is 0 Å². The van der Waals surface area contributed by atoms with Gasteiger partial charge in [-0.15, -0.1) is 0 Å². The number of hydroxylamine groups is 2. The highest BCUT2D eigenvalue weighted by Gasteiger charge is 2.52. The van der Waals surface area contributed by atoms with Gasteiger partial charge in [0.2, 0.25) is 0 Å². The summed E-state index contributed by atoms with van der Waals surface area (Å²) in [7, 11) is 3.47. The fourth-order valence-corrected chi connectivity index (χ4v) is 3.78. The summed E-state index contributed by atoms with van der Waals surface area (Å²) in [6.45, 7) is 0.318. The van der Waals surface area contributed by atoms with Crippen LogP contribution in [-0.4, -0.2) is 57.7 Å². The molecule has 2 aromatic rings. The van der Waals surface area contributed by atoms with E-state index in [0.717, 1.165) is 16.8 Å². The molecule has 2 aliphatic heterocycles. The van der Waals surface area contributed by atoms with Gasteiger partial charge in [-0.2, -0.15) is 10.2 Å². The van der Waals surface area contributed by atoms with Crippen LogP contribution >= 0.6 is 0 Å². The highest BCUT2D eigenvalue weighted by Crippen LogP contribution is 2.44. The van der Waals surface area contributed by atoms with Gasteiger partial charge >= 0.3 is 6.03 Å². The number of carbonyl (C=O) groups is 2. The van der Waals surface area contributed by atoms with E-state index >= 15 is 0 Å². The normalized spacial score (nSPS) is 20.3. The molecule has 1 saturated heterocycles. The Morgan fingerprint density at radius 2 is 2.13 bits per heavy atom. The molecule has 1 fully saturated rings. The third-order valence-corrected chi connectivity index (χ3v) is 5.13. The van der Waals surface area contributed by atoms with E-state index in [1.807, 2.05) is 30.3 Å². The number of fused-ring (bicyclic) bond motifs is 4. The Labute approximate surface area is 172 Å². The van der Waals surface area contributed by atoms with Crippen LogP contribution in [0.25, 0.3) is 0 Å². The van der Waals surface area contributed by atoms with Gasteiger partial charge in [0, 0.05) is 19.7 Å². The number of primary amides is 1. The van der Waals surface area contributed by atoms with Crippen LogP contribution in [-0.2, 0) is 28.1 Å². The van der Waals surface area contributed by atoms with Crippen LogP contribution in [0.15, 0.2) is 41.7 Å². The molecule has 3 amide bonds. The van der Waals surface area contributed by atoms with Crippen molar-refractivity contribution in [2.45, 2.75) is 18.7 Å². The standard InChI is InChI=1S/C19H23N7O4/c1-21-18(23-29-11-15(20)27)17-16-13(8-22-24(16)2)14-9-25(17)19(28)26(14)30-10-12-6-4-3-5-7-12/h3-8,14,17H,9-11H2,1-2H3,(H2,20,27)(H,21,23)/t14-,17-/m0/s1. The van der Waals surface area contributed by atoms with Gasteiger partial charge in [0.25, 0.3) is 5.91 Å². The zero-order valence-corrected chi connectivity index (χ0v) is 16.7. The van der Waals surface area contributed by atoms with Gasteiger partial charge in [-0.1, -0.05) is 35.5 Å². The lowest BCUT2D eigenvalue weighted by molar-refractivity contribution is -0.141. The topological polar surface area (TPSA) is 127 Å². The van der Waals surface area contributed by atoms with Crippen LogP contribution in [0.4, 0.5) is 4.79 Å². The molecule has 4 rings (SSSR count). The first-order valence-corrected chi connectivity index (χ1v) is 9.45. The number of nitrogens with two attached hydrogens (primary N) is 1. The summed E-state index contributed by atoms with van der Waals surface area (Å²) in [5.74, 6) is -0.283. The van der Waals surface area contributed by atoms with Crippen LogP contribution in [0.1, 0.15) is 28.9 Å². The average molecular weight is 413 g/mol. The molecule has 3 heterocycles. The number of aryl methyl sites for hydroxylation is 1. The fraction of sp³-hybridized carbons (Fsp3) is 0.368. The van der Waals surface area contributed by atoms with Crippen molar-refractivity contribution in [3.8, 4) is 0 Å². The third-order valence-electron chi connectivity index (χ3n) is 5.13. The van der Waals surface area contributed by atoms with Crippen LogP contribution < -0.4 is 11.1 Å². The molecule has 0 unspecified atom stereocenters. The van der Waals surface area contributed by atoms with Gasteiger partial charge in [-0.3, -0.25) is 14.3 Å². The van der Waals surface area contributed by atoms with Gasteiger partial charge in [0.05, 0.1) is 18.4 Å². The van der Waals surface area contributed by atoms with E-state index in [4.69, 9.17) is 15.4 Å². The van der Waals surface area contributed by atoms with E-state index in [-0.39, 0.29) is 25.3 Å². The quantitative estimate of drug-likeness (QED) is 0.385. The molecule has 11 heteroatoms. The summed E-state index contributed by atoms with van der Waals surface area (Å²) in [4.78, 5) is 36.8. The number of amides is 3. The number of urea groups is 1. The number of rotatable bonds is 7. The number of nitrogens with one attached hydrogen (secondary N) is 1. The van der Waals surface area contributed by atoms with Crippen molar-refractivity contribution in [1.82, 2.24) is 25.1 Å². The Morgan fingerprint density at radius 1 is 1.37 bits per heavy atom. The Kier molecular flexibility index (Phi) is 5.27. The lowest BCUT2D eigenvalue weighted by Gasteiger charge is -2.31. The lowest BCUT2D eigenvalue weighted by atomic mass is 9.97. The Hall–Kier alpha value is -3.60. The van der Waals surface area contributed by atoms with E-state index in [0.29, 0.717) is 12.4 Å². The van der Waals surface area contributed by atoms with Crippen molar-refractivity contribution in [2.24, 2.45) is 17.9 Å². The number of benzene rings is 1. The summed E-state index contributed by atoms with van der Waals surface area (Å²) >= 11 is 0. The summed E-state index contributed by atoms with van der Waals surface area (Å²) in [5, 5.41) is 12.7. The molecule has 0 radical (unpaired) electrons. The summed E-state index contributed by atoms with van der Waals surface area (Å²) in [5.41, 5.74) is 7.73. The SMILES string of the molecule is CN/C(=N\OCC(N)=O)[C@@H]1c2c(cnn2C)[C@@H]2CN1C(=O)N2OCc1ccccc1. The molecule has 1 aromatic carbocycles. The van der Waals surface area contributed by atoms with Gasteiger partial charge in [0.1, 0.15) is 18.7 Å². The van der Waals surface area contributed by atoms with E-state index in [2.05, 4.69) is 15.6 Å². The monoisotopic (exact) mass is 413 g/mol. The van der Waals surface area contributed by atoms with Crippen molar-refractivity contribution >= 4 is 17.8 Å². The second-order valence-electron chi connectivity index (χ2n) is 7.01. The number of hydrogen-bond donors (Lipinski definition) is 2. The molecule has 30 heavy (non-hydrogen) atoms. The molecule has 2 atom stereocenters. The number of hydrogen-bond acceptors (Lipinski definition) is 6. The molecule has 2 aliphatic rings. The van der Waals surface area contributed by atoms with Crippen LogP contribution in [0.5, 0.6) is 0 Å². The number of likely N-dealkylation sites (N-methyl/N-ethyl adjacent to an activating group) is 1. The number of aromatic nitrogens is 2. The first-order chi connectivity index (χ1) is 14.5. The zero-order valence-electron chi connectivity index (χ0n) is 16.7. The van der Waals surface area contributed by atoms with Crippen molar-refractivity contribution in [3.63, 3.8) is 0 Å². The highest BCUT2D eigenvalue weighted by molar-refractivity contribution is 5.93. The highest BCUT2D eigenvalue weighted by atomic mass is 16.7. The smallest absolute Gasteiger partial charge is 0.345 e. The van der Waals surface area contributed by atoms with E-state index in [9.17, 15) is 9.59 Å². The first kappa shape index (κ1) is 19.7. The minimum Gasteiger partial charge on any atom is -0.384 e. The molecular weight excluding hydrogens is 390 g/mol. The molecule has 1 aromatic heterocycles. The predicted octanol–water partition coefficient (Wildman–Crippen LogP) is 0.420. The second-order valence-corrected chi connectivity index (χ2v) is 7.01. The van der Waals surface area contributed by atoms with Gasteiger partial charge in [0.15, 0.2) is 12.4 Å². The molecule has 0 saturated carbocycles. The maximum Gasteiger partial charge on any atom is 0.345 e. The number of nitrogens with zero attached hydrogens (tertiary/aromatic N) is 5.